The quantitative estimate of drug-likeness (QED) is 0.671. The first-order valence-corrected chi connectivity index (χ1v) is 8.72. The SMILES string of the molecule is CC(C)c1nn(-c2ccccc2Cl)c2c1CCc1ncsc1-2. The van der Waals surface area contributed by atoms with Gasteiger partial charge in [0.15, 0.2) is 0 Å². The van der Waals surface area contributed by atoms with Gasteiger partial charge in [-0.3, -0.25) is 0 Å². The van der Waals surface area contributed by atoms with Crippen molar-refractivity contribution in [2.24, 2.45) is 0 Å². The molecule has 0 amide bonds. The van der Waals surface area contributed by atoms with Crippen molar-refractivity contribution in [2.45, 2.75) is 32.6 Å². The van der Waals surface area contributed by atoms with E-state index in [9.17, 15) is 0 Å². The average molecular weight is 330 g/mol. The maximum atomic E-state index is 6.42. The van der Waals surface area contributed by atoms with Crippen LogP contribution in [-0.2, 0) is 12.8 Å². The van der Waals surface area contributed by atoms with Gasteiger partial charge in [-0.05, 0) is 30.9 Å². The Morgan fingerprint density at radius 3 is 2.82 bits per heavy atom. The summed E-state index contributed by atoms with van der Waals surface area (Å²) in [5.41, 5.74) is 7.76. The molecular formula is C17H16ClN3S. The molecule has 22 heavy (non-hydrogen) atoms. The second-order valence-electron chi connectivity index (χ2n) is 5.86. The Morgan fingerprint density at radius 1 is 1.23 bits per heavy atom. The van der Waals surface area contributed by atoms with Gasteiger partial charge in [-0.25, -0.2) is 9.67 Å². The third-order valence-corrected chi connectivity index (χ3v) is 5.31. The molecule has 1 aliphatic rings. The number of thiazole rings is 1. The molecule has 2 heterocycles. The number of halogens is 1. The number of para-hydroxylation sites is 1. The number of benzene rings is 1. The van der Waals surface area contributed by atoms with E-state index in [1.807, 2.05) is 34.5 Å². The highest BCUT2D eigenvalue weighted by atomic mass is 35.5. The van der Waals surface area contributed by atoms with Crippen LogP contribution >= 0.6 is 22.9 Å². The van der Waals surface area contributed by atoms with Crippen molar-refractivity contribution in [1.82, 2.24) is 14.8 Å². The van der Waals surface area contributed by atoms with Crippen LogP contribution in [0.2, 0.25) is 5.02 Å². The van der Waals surface area contributed by atoms with E-state index in [4.69, 9.17) is 16.7 Å². The molecule has 0 aliphatic heterocycles. The molecule has 5 heteroatoms. The Kier molecular flexibility index (Phi) is 3.31. The van der Waals surface area contributed by atoms with Crippen molar-refractivity contribution in [3.05, 3.63) is 51.7 Å². The van der Waals surface area contributed by atoms with Crippen molar-refractivity contribution in [1.29, 1.82) is 0 Å². The summed E-state index contributed by atoms with van der Waals surface area (Å²) in [4.78, 5) is 5.75. The summed E-state index contributed by atoms with van der Waals surface area (Å²) in [5.74, 6) is 0.395. The van der Waals surface area contributed by atoms with Gasteiger partial charge in [-0.2, -0.15) is 5.10 Å². The lowest BCUT2D eigenvalue weighted by atomic mass is 9.94. The smallest absolute Gasteiger partial charge is 0.0895 e. The summed E-state index contributed by atoms with van der Waals surface area (Å²) in [6.45, 7) is 4.39. The molecule has 112 valence electrons. The number of aromatic nitrogens is 3. The second-order valence-corrected chi connectivity index (χ2v) is 7.12. The molecule has 4 rings (SSSR count). The average Bonchev–Trinajstić information content (AvgIpc) is 3.11. The second kappa shape index (κ2) is 5.21. The predicted octanol–water partition coefficient (Wildman–Crippen LogP) is 4.87. The zero-order chi connectivity index (χ0) is 15.3. The lowest BCUT2D eigenvalue weighted by Crippen LogP contribution is -2.06. The minimum atomic E-state index is 0.395. The van der Waals surface area contributed by atoms with Crippen LogP contribution in [-0.4, -0.2) is 14.8 Å². The van der Waals surface area contributed by atoms with Crippen molar-refractivity contribution < 1.29 is 0 Å². The molecule has 0 spiro atoms. The molecule has 1 aliphatic carbocycles. The van der Waals surface area contributed by atoms with Gasteiger partial charge in [0, 0.05) is 5.56 Å². The molecule has 3 aromatic rings. The van der Waals surface area contributed by atoms with E-state index in [-0.39, 0.29) is 0 Å². The third-order valence-electron chi connectivity index (χ3n) is 4.11. The fourth-order valence-electron chi connectivity index (χ4n) is 3.09. The van der Waals surface area contributed by atoms with Crippen molar-refractivity contribution in [3.63, 3.8) is 0 Å². The first-order valence-electron chi connectivity index (χ1n) is 7.46. The molecule has 0 saturated carbocycles. The van der Waals surface area contributed by atoms with Gasteiger partial charge < -0.3 is 0 Å². The number of fused-ring (bicyclic) bond motifs is 3. The van der Waals surface area contributed by atoms with Gasteiger partial charge in [0.05, 0.1) is 38.2 Å². The number of aryl methyl sites for hydroxylation is 1. The van der Waals surface area contributed by atoms with Gasteiger partial charge in [-0.1, -0.05) is 37.6 Å². The highest BCUT2D eigenvalue weighted by Gasteiger charge is 2.29. The Morgan fingerprint density at radius 2 is 2.05 bits per heavy atom. The monoisotopic (exact) mass is 329 g/mol. The standard InChI is InChI=1S/C17H16ClN3S/c1-10(2)15-11-7-8-13-17(22-9-19-13)16(11)21(20-15)14-6-4-3-5-12(14)18/h3-6,9-10H,7-8H2,1-2H3. The Labute approximate surface area is 138 Å². The predicted molar refractivity (Wildman–Crippen MR) is 91.2 cm³/mol. The largest absolute Gasteiger partial charge is 0.249 e. The molecule has 3 nitrogen and oxygen atoms in total. The van der Waals surface area contributed by atoms with E-state index in [1.54, 1.807) is 11.3 Å². The van der Waals surface area contributed by atoms with Gasteiger partial charge >= 0.3 is 0 Å². The van der Waals surface area contributed by atoms with Crippen LogP contribution < -0.4 is 0 Å². The number of nitrogens with zero attached hydrogens (tertiary/aromatic N) is 3. The van der Waals surface area contributed by atoms with E-state index in [0.717, 1.165) is 23.6 Å². The van der Waals surface area contributed by atoms with E-state index in [0.29, 0.717) is 5.92 Å². The highest BCUT2D eigenvalue weighted by molar-refractivity contribution is 7.13. The summed E-state index contributed by atoms with van der Waals surface area (Å²) in [6, 6.07) is 7.88. The van der Waals surface area contributed by atoms with Crippen LogP contribution in [0.25, 0.3) is 16.3 Å². The maximum absolute atomic E-state index is 6.42. The molecule has 0 fully saturated rings. The van der Waals surface area contributed by atoms with Crippen LogP contribution in [0.4, 0.5) is 0 Å². The fraction of sp³-hybridized carbons (Fsp3) is 0.294. The van der Waals surface area contributed by atoms with Gasteiger partial charge in [-0.15, -0.1) is 11.3 Å². The molecule has 0 unspecified atom stereocenters. The van der Waals surface area contributed by atoms with Crippen LogP contribution in [0.3, 0.4) is 0 Å². The van der Waals surface area contributed by atoms with Crippen LogP contribution in [0.15, 0.2) is 29.8 Å². The highest BCUT2D eigenvalue weighted by Crippen LogP contribution is 2.41. The van der Waals surface area contributed by atoms with E-state index in [1.165, 1.54) is 27.5 Å². The molecule has 0 atom stereocenters. The van der Waals surface area contributed by atoms with Crippen molar-refractivity contribution in [2.75, 3.05) is 0 Å². The summed E-state index contributed by atoms with van der Waals surface area (Å²) in [7, 11) is 0. The lowest BCUT2D eigenvalue weighted by molar-refractivity contribution is 0.762. The Hall–Kier alpha value is -1.65. The number of rotatable bonds is 2. The van der Waals surface area contributed by atoms with Crippen molar-refractivity contribution in [3.8, 4) is 16.3 Å². The van der Waals surface area contributed by atoms with Gasteiger partial charge in [0.2, 0.25) is 0 Å². The van der Waals surface area contributed by atoms with Gasteiger partial charge in [0.25, 0.3) is 0 Å². The summed E-state index contributed by atoms with van der Waals surface area (Å²) in [5, 5.41) is 5.63. The fourth-order valence-corrected chi connectivity index (χ4v) is 4.21. The molecular weight excluding hydrogens is 314 g/mol. The molecule has 0 bridgehead atoms. The van der Waals surface area contributed by atoms with Gasteiger partial charge in [0.1, 0.15) is 0 Å². The minimum absolute atomic E-state index is 0.395. The molecule has 0 saturated heterocycles. The molecule has 0 N–H and O–H groups in total. The Balaban J connectivity index is 2.03. The van der Waals surface area contributed by atoms with E-state index < -0.39 is 0 Å². The number of hydrogen-bond donors (Lipinski definition) is 0. The maximum Gasteiger partial charge on any atom is 0.0895 e. The summed E-state index contributed by atoms with van der Waals surface area (Å²) in [6.07, 6.45) is 2.00. The van der Waals surface area contributed by atoms with Crippen LogP contribution in [0.1, 0.15) is 36.7 Å². The number of hydrogen-bond acceptors (Lipinski definition) is 3. The minimum Gasteiger partial charge on any atom is -0.249 e. The first-order chi connectivity index (χ1) is 10.7. The lowest BCUT2D eigenvalue weighted by Gasteiger charge is -2.15. The molecule has 2 aromatic heterocycles. The van der Waals surface area contributed by atoms with Crippen LogP contribution in [0.5, 0.6) is 0 Å². The van der Waals surface area contributed by atoms with E-state index in [2.05, 4.69) is 18.8 Å². The molecule has 0 radical (unpaired) electrons. The zero-order valence-electron chi connectivity index (χ0n) is 12.5. The van der Waals surface area contributed by atoms with Crippen molar-refractivity contribution >= 4 is 22.9 Å². The molecule has 1 aromatic carbocycles. The van der Waals surface area contributed by atoms with Crippen LogP contribution in [0, 0.1) is 0 Å². The summed E-state index contributed by atoms with van der Waals surface area (Å²) >= 11 is 8.11. The first kappa shape index (κ1) is 14.0. The van der Waals surface area contributed by atoms with E-state index >= 15 is 0 Å². The third kappa shape index (κ3) is 2.02. The zero-order valence-corrected chi connectivity index (χ0v) is 14.1. The Bertz CT molecular complexity index is 847. The summed E-state index contributed by atoms with van der Waals surface area (Å²) < 4.78 is 2.02. The topological polar surface area (TPSA) is 30.7 Å². The normalized spacial score (nSPS) is 13.3.